The molecule has 0 heterocycles. The fourth-order valence-corrected chi connectivity index (χ4v) is 3.22. The molecule has 1 aromatic rings. The minimum atomic E-state index is -0.907. The summed E-state index contributed by atoms with van der Waals surface area (Å²) in [6, 6.07) is 5.60. The zero-order valence-electron chi connectivity index (χ0n) is 11.0. The van der Waals surface area contributed by atoms with E-state index in [-0.39, 0.29) is 5.91 Å². The molecule has 1 aromatic carbocycles. The highest BCUT2D eigenvalue weighted by Crippen LogP contribution is 2.58. The molecule has 1 aliphatic carbocycles. The highest BCUT2D eigenvalue weighted by Gasteiger charge is 2.65. The van der Waals surface area contributed by atoms with Gasteiger partial charge in [0.1, 0.15) is 0 Å². The Kier molecular flexibility index (Phi) is 3.43. The lowest BCUT2D eigenvalue weighted by Gasteiger charge is -2.07. The molecule has 102 valence electrons. The highest BCUT2D eigenvalue weighted by atomic mass is 79.9. The Morgan fingerprint density at radius 3 is 2.37 bits per heavy atom. The van der Waals surface area contributed by atoms with E-state index in [1.54, 1.807) is 6.07 Å². The zero-order chi connectivity index (χ0) is 14.4. The molecule has 0 aromatic heterocycles. The highest BCUT2D eigenvalue weighted by molar-refractivity contribution is 9.10. The molecule has 5 heteroatoms. The third kappa shape index (κ3) is 2.66. The number of anilines is 1. The number of amides is 1. The van der Waals surface area contributed by atoms with Gasteiger partial charge < -0.3 is 10.4 Å². The van der Waals surface area contributed by atoms with E-state index in [4.69, 9.17) is 5.11 Å². The van der Waals surface area contributed by atoms with Crippen molar-refractivity contribution in [3.05, 3.63) is 28.2 Å². The van der Waals surface area contributed by atoms with Gasteiger partial charge in [-0.1, -0.05) is 29.8 Å². The molecule has 0 saturated heterocycles. The van der Waals surface area contributed by atoms with Crippen molar-refractivity contribution < 1.29 is 14.7 Å². The molecule has 19 heavy (non-hydrogen) atoms. The monoisotopic (exact) mass is 325 g/mol. The van der Waals surface area contributed by atoms with Crippen molar-refractivity contribution in [2.75, 3.05) is 5.32 Å². The van der Waals surface area contributed by atoms with Crippen molar-refractivity contribution in [1.82, 2.24) is 0 Å². The average Bonchev–Trinajstić information content (AvgIpc) is 2.80. The number of aryl methyl sites for hydroxylation is 1. The van der Waals surface area contributed by atoms with Crippen LogP contribution in [0.5, 0.6) is 0 Å². The molecule has 1 saturated carbocycles. The first-order valence-electron chi connectivity index (χ1n) is 6.04. The molecule has 0 spiro atoms. The second kappa shape index (κ2) is 4.63. The molecule has 2 rings (SSSR count). The lowest BCUT2D eigenvalue weighted by atomic mass is 10.1. The summed E-state index contributed by atoms with van der Waals surface area (Å²) >= 11 is 3.37. The topological polar surface area (TPSA) is 66.4 Å². The van der Waals surface area contributed by atoms with Crippen molar-refractivity contribution in [3.8, 4) is 0 Å². The molecule has 4 nitrogen and oxygen atoms in total. The summed E-state index contributed by atoms with van der Waals surface area (Å²) in [6.45, 7) is 5.55. The van der Waals surface area contributed by atoms with Crippen LogP contribution >= 0.6 is 15.9 Å². The van der Waals surface area contributed by atoms with Crippen molar-refractivity contribution in [1.29, 1.82) is 0 Å². The van der Waals surface area contributed by atoms with E-state index in [2.05, 4.69) is 21.2 Å². The van der Waals surface area contributed by atoms with Crippen molar-refractivity contribution in [2.24, 2.45) is 17.3 Å². The van der Waals surface area contributed by atoms with Gasteiger partial charge in [-0.05, 0) is 36.1 Å². The molecule has 0 unspecified atom stereocenters. The summed E-state index contributed by atoms with van der Waals surface area (Å²) in [5.74, 6) is -2.20. The lowest BCUT2D eigenvalue weighted by molar-refractivity contribution is -0.140. The van der Waals surface area contributed by atoms with Crippen LogP contribution in [0.4, 0.5) is 5.69 Å². The van der Waals surface area contributed by atoms with Crippen LogP contribution in [-0.2, 0) is 9.59 Å². The molecule has 0 bridgehead atoms. The normalized spacial score (nSPS) is 23.8. The largest absolute Gasteiger partial charge is 0.481 e. The number of nitrogens with one attached hydrogen (secondary N) is 1. The number of benzene rings is 1. The van der Waals surface area contributed by atoms with Gasteiger partial charge in [0.05, 0.1) is 11.8 Å². The maximum atomic E-state index is 12.1. The zero-order valence-corrected chi connectivity index (χ0v) is 12.6. The predicted molar refractivity (Wildman–Crippen MR) is 75.9 cm³/mol. The fourth-order valence-electron chi connectivity index (χ4n) is 2.62. The Bertz CT molecular complexity index is 533. The third-order valence-corrected chi connectivity index (χ3v) is 4.14. The Balaban J connectivity index is 2.13. The van der Waals surface area contributed by atoms with E-state index < -0.39 is 23.2 Å². The van der Waals surface area contributed by atoms with E-state index in [0.717, 1.165) is 10.0 Å². The second-order valence-corrected chi connectivity index (χ2v) is 6.54. The summed E-state index contributed by atoms with van der Waals surface area (Å²) in [7, 11) is 0. The van der Waals surface area contributed by atoms with Gasteiger partial charge >= 0.3 is 5.97 Å². The van der Waals surface area contributed by atoms with Gasteiger partial charge in [0.25, 0.3) is 0 Å². The van der Waals surface area contributed by atoms with E-state index in [0.29, 0.717) is 5.69 Å². The van der Waals surface area contributed by atoms with E-state index >= 15 is 0 Å². The smallest absolute Gasteiger partial charge is 0.307 e. The Morgan fingerprint density at radius 2 is 1.89 bits per heavy atom. The van der Waals surface area contributed by atoms with Crippen molar-refractivity contribution in [3.63, 3.8) is 0 Å². The number of rotatable bonds is 3. The van der Waals surface area contributed by atoms with Crippen LogP contribution in [0.3, 0.4) is 0 Å². The van der Waals surface area contributed by atoms with Gasteiger partial charge in [0.2, 0.25) is 5.91 Å². The molecule has 2 atom stereocenters. The first-order chi connectivity index (χ1) is 8.73. The minimum Gasteiger partial charge on any atom is -0.481 e. The molecule has 1 aliphatic rings. The van der Waals surface area contributed by atoms with Crippen LogP contribution in [0, 0.1) is 24.2 Å². The predicted octanol–water partition coefficient (Wildman–Crippen LogP) is 3.05. The Morgan fingerprint density at radius 1 is 1.26 bits per heavy atom. The van der Waals surface area contributed by atoms with Crippen LogP contribution in [0.1, 0.15) is 19.4 Å². The number of halogens is 1. The van der Waals surface area contributed by atoms with Gasteiger partial charge in [0.15, 0.2) is 0 Å². The Labute approximate surface area is 120 Å². The standard InChI is InChI=1S/C14H16BrNO3/c1-7-4-8(15)6-9(5-7)16-12(17)10-11(13(18)19)14(10,2)3/h4-6,10-11H,1-3H3,(H,16,17)(H,18,19)/t10-,11+/m1/s1. The minimum absolute atomic E-state index is 0.227. The second-order valence-electron chi connectivity index (χ2n) is 5.62. The lowest BCUT2D eigenvalue weighted by Crippen LogP contribution is -2.17. The van der Waals surface area contributed by atoms with Crippen LogP contribution in [0.2, 0.25) is 0 Å². The maximum absolute atomic E-state index is 12.1. The molecular formula is C14H16BrNO3. The molecule has 2 N–H and O–H groups in total. The first-order valence-corrected chi connectivity index (χ1v) is 6.83. The van der Waals surface area contributed by atoms with Gasteiger partial charge in [-0.2, -0.15) is 0 Å². The average molecular weight is 326 g/mol. The summed E-state index contributed by atoms with van der Waals surface area (Å²) in [4.78, 5) is 23.2. The number of hydrogen-bond acceptors (Lipinski definition) is 2. The number of carbonyl (C=O) groups is 2. The maximum Gasteiger partial charge on any atom is 0.307 e. The number of carbonyl (C=O) groups excluding carboxylic acids is 1. The van der Waals surface area contributed by atoms with E-state index in [1.165, 1.54) is 0 Å². The van der Waals surface area contributed by atoms with Crippen molar-refractivity contribution in [2.45, 2.75) is 20.8 Å². The van der Waals surface area contributed by atoms with Crippen LogP contribution in [0.15, 0.2) is 22.7 Å². The van der Waals surface area contributed by atoms with Crippen molar-refractivity contribution >= 4 is 33.5 Å². The number of hydrogen-bond donors (Lipinski definition) is 2. The van der Waals surface area contributed by atoms with E-state index in [1.807, 2.05) is 32.9 Å². The summed E-state index contributed by atoms with van der Waals surface area (Å²) < 4.78 is 0.882. The first kappa shape index (κ1) is 14.1. The number of carboxylic acid groups (broad SMARTS) is 1. The Hall–Kier alpha value is -1.36. The fraction of sp³-hybridized carbons (Fsp3) is 0.429. The molecule has 1 fully saturated rings. The quantitative estimate of drug-likeness (QED) is 0.897. The van der Waals surface area contributed by atoms with Crippen LogP contribution in [0.25, 0.3) is 0 Å². The molecular weight excluding hydrogens is 310 g/mol. The number of aliphatic carboxylic acids is 1. The van der Waals surface area contributed by atoms with Crippen LogP contribution < -0.4 is 5.32 Å². The molecule has 1 amide bonds. The summed E-state index contributed by atoms with van der Waals surface area (Å²) in [6.07, 6.45) is 0. The van der Waals surface area contributed by atoms with E-state index in [9.17, 15) is 9.59 Å². The van der Waals surface area contributed by atoms with Crippen LogP contribution in [-0.4, -0.2) is 17.0 Å². The van der Waals surface area contributed by atoms with Gasteiger partial charge in [-0.15, -0.1) is 0 Å². The summed E-state index contributed by atoms with van der Waals surface area (Å²) in [5, 5.41) is 11.9. The third-order valence-electron chi connectivity index (χ3n) is 3.69. The summed E-state index contributed by atoms with van der Waals surface area (Å²) in [5.41, 5.74) is 1.23. The van der Waals surface area contributed by atoms with Gasteiger partial charge in [-0.25, -0.2) is 0 Å². The SMILES string of the molecule is Cc1cc(Br)cc(NC(=O)[C@H]2[C@@H](C(=O)O)C2(C)C)c1. The number of carboxylic acids is 1. The molecule has 0 radical (unpaired) electrons. The molecule has 0 aliphatic heterocycles. The van der Waals surface area contributed by atoms with Gasteiger partial charge in [0, 0.05) is 10.2 Å². The van der Waals surface area contributed by atoms with Gasteiger partial charge in [-0.3, -0.25) is 9.59 Å².